The van der Waals surface area contributed by atoms with Crippen LogP contribution in [0.15, 0.2) is 29.3 Å². The highest BCUT2D eigenvalue weighted by Crippen LogP contribution is 2.26. The standard InChI is InChI=1S/C20H34N4O.HI/c1-16(2)11-12-22-20(21)23-15-19(24-13-5-4-6-14-24)17-7-9-18(25-3)10-8-17;/h7-10,16,19H,4-6,11-15H2,1-3H3,(H3,21,22,23);1H. The van der Waals surface area contributed by atoms with E-state index in [1.807, 2.05) is 12.1 Å². The van der Waals surface area contributed by atoms with Crippen LogP contribution in [0.2, 0.25) is 0 Å². The summed E-state index contributed by atoms with van der Waals surface area (Å²) in [6.07, 6.45) is 4.95. The van der Waals surface area contributed by atoms with E-state index < -0.39 is 0 Å². The van der Waals surface area contributed by atoms with Crippen LogP contribution >= 0.6 is 24.0 Å². The number of methoxy groups -OCH3 is 1. The van der Waals surface area contributed by atoms with Gasteiger partial charge in [-0.3, -0.25) is 9.89 Å². The second-order valence-corrected chi connectivity index (χ2v) is 7.22. The number of piperidine rings is 1. The van der Waals surface area contributed by atoms with Gasteiger partial charge in [0.15, 0.2) is 5.96 Å². The van der Waals surface area contributed by atoms with Crippen LogP contribution in [0, 0.1) is 5.92 Å². The molecule has 1 fully saturated rings. The lowest BCUT2D eigenvalue weighted by Gasteiger charge is -2.34. The molecule has 5 nitrogen and oxygen atoms in total. The van der Waals surface area contributed by atoms with Crippen LogP contribution in [0.3, 0.4) is 0 Å². The molecule has 0 spiro atoms. The number of nitrogens with two attached hydrogens (primary N) is 1. The van der Waals surface area contributed by atoms with Gasteiger partial charge < -0.3 is 15.8 Å². The third-order valence-electron chi connectivity index (χ3n) is 4.79. The van der Waals surface area contributed by atoms with Gasteiger partial charge in [-0.1, -0.05) is 32.4 Å². The second kappa shape index (κ2) is 12.4. The van der Waals surface area contributed by atoms with Crippen LogP contribution in [0.4, 0.5) is 0 Å². The van der Waals surface area contributed by atoms with Gasteiger partial charge in [-0.05, 0) is 56.0 Å². The number of hydrogen-bond acceptors (Lipinski definition) is 3. The summed E-state index contributed by atoms with van der Waals surface area (Å²) in [6, 6.07) is 8.63. The predicted octanol–water partition coefficient (Wildman–Crippen LogP) is 3.79. The minimum atomic E-state index is 0. The predicted molar refractivity (Wildman–Crippen MR) is 121 cm³/mol. The summed E-state index contributed by atoms with van der Waals surface area (Å²) in [5.74, 6) is 2.11. The van der Waals surface area contributed by atoms with Crippen LogP contribution in [-0.2, 0) is 0 Å². The van der Waals surface area contributed by atoms with Crippen molar-refractivity contribution in [1.29, 1.82) is 0 Å². The number of rotatable bonds is 8. The van der Waals surface area contributed by atoms with Crippen molar-refractivity contribution in [1.82, 2.24) is 10.2 Å². The van der Waals surface area contributed by atoms with Gasteiger partial charge in [0.25, 0.3) is 0 Å². The molecule has 1 unspecified atom stereocenters. The fraction of sp³-hybridized carbons (Fsp3) is 0.650. The fourth-order valence-corrected chi connectivity index (χ4v) is 3.22. The average Bonchev–Trinajstić information content (AvgIpc) is 2.63. The Hall–Kier alpha value is -1.02. The molecule has 2 rings (SSSR count). The summed E-state index contributed by atoms with van der Waals surface area (Å²) in [4.78, 5) is 7.16. The molecule has 26 heavy (non-hydrogen) atoms. The maximum atomic E-state index is 6.06. The molecular formula is C20H35IN4O. The van der Waals surface area contributed by atoms with Crippen LogP contribution in [0.5, 0.6) is 5.75 Å². The fourth-order valence-electron chi connectivity index (χ4n) is 3.22. The number of halogens is 1. The summed E-state index contributed by atoms with van der Waals surface area (Å²) >= 11 is 0. The Morgan fingerprint density at radius 3 is 2.42 bits per heavy atom. The lowest BCUT2D eigenvalue weighted by Crippen LogP contribution is -2.37. The number of nitrogens with one attached hydrogen (secondary N) is 1. The van der Waals surface area contributed by atoms with Gasteiger partial charge >= 0.3 is 0 Å². The van der Waals surface area contributed by atoms with Crippen molar-refractivity contribution in [2.24, 2.45) is 16.6 Å². The quantitative estimate of drug-likeness (QED) is 0.342. The van der Waals surface area contributed by atoms with E-state index in [-0.39, 0.29) is 30.0 Å². The Balaban J connectivity index is 0.00000338. The monoisotopic (exact) mass is 474 g/mol. The number of hydrogen-bond donors (Lipinski definition) is 2. The molecule has 0 radical (unpaired) electrons. The molecule has 1 aliphatic heterocycles. The van der Waals surface area contributed by atoms with Crippen molar-refractivity contribution in [3.63, 3.8) is 0 Å². The largest absolute Gasteiger partial charge is 0.497 e. The van der Waals surface area contributed by atoms with Crippen LogP contribution in [-0.4, -0.2) is 44.1 Å². The van der Waals surface area contributed by atoms with E-state index >= 15 is 0 Å². The maximum absolute atomic E-state index is 6.06. The van der Waals surface area contributed by atoms with E-state index in [1.54, 1.807) is 7.11 Å². The molecule has 6 heteroatoms. The molecule has 0 saturated carbocycles. The van der Waals surface area contributed by atoms with Crippen molar-refractivity contribution in [3.8, 4) is 5.75 Å². The number of aliphatic imine (C=N–C) groups is 1. The third-order valence-corrected chi connectivity index (χ3v) is 4.79. The molecule has 0 aliphatic carbocycles. The average molecular weight is 474 g/mol. The van der Waals surface area contributed by atoms with E-state index in [0.29, 0.717) is 18.4 Å². The Labute approximate surface area is 175 Å². The van der Waals surface area contributed by atoms with Crippen LogP contribution in [0.25, 0.3) is 0 Å². The second-order valence-electron chi connectivity index (χ2n) is 7.22. The van der Waals surface area contributed by atoms with E-state index in [2.05, 4.69) is 41.2 Å². The lowest BCUT2D eigenvalue weighted by atomic mass is 10.0. The SMILES string of the molecule is COc1ccc(C(CN=C(N)NCCC(C)C)N2CCCCC2)cc1.I. The first-order valence-corrected chi connectivity index (χ1v) is 9.52. The summed E-state index contributed by atoms with van der Waals surface area (Å²) in [5, 5.41) is 3.23. The molecule has 1 aromatic rings. The molecule has 1 atom stereocenters. The number of nitrogens with zero attached hydrogens (tertiary/aromatic N) is 2. The Morgan fingerprint density at radius 1 is 1.19 bits per heavy atom. The smallest absolute Gasteiger partial charge is 0.188 e. The molecule has 3 N–H and O–H groups in total. The van der Waals surface area contributed by atoms with Gasteiger partial charge in [0, 0.05) is 6.54 Å². The van der Waals surface area contributed by atoms with Gasteiger partial charge in [0.2, 0.25) is 0 Å². The minimum absolute atomic E-state index is 0. The molecule has 0 aromatic heterocycles. The number of ether oxygens (including phenoxy) is 1. The number of likely N-dealkylation sites (tertiary alicyclic amines) is 1. The van der Waals surface area contributed by atoms with Crippen molar-refractivity contribution < 1.29 is 4.74 Å². The van der Waals surface area contributed by atoms with Crippen molar-refractivity contribution in [2.45, 2.75) is 45.6 Å². The highest BCUT2D eigenvalue weighted by molar-refractivity contribution is 14.0. The Morgan fingerprint density at radius 2 is 1.85 bits per heavy atom. The van der Waals surface area contributed by atoms with Gasteiger partial charge in [-0.15, -0.1) is 24.0 Å². The van der Waals surface area contributed by atoms with E-state index in [9.17, 15) is 0 Å². The first-order chi connectivity index (χ1) is 12.1. The van der Waals surface area contributed by atoms with Crippen molar-refractivity contribution in [2.75, 3.05) is 33.3 Å². The Kier molecular flexibility index (Phi) is 11.0. The van der Waals surface area contributed by atoms with Gasteiger partial charge in [0.05, 0.1) is 19.7 Å². The summed E-state index contributed by atoms with van der Waals surface area (Å²) in [7, 11) is 1.70. The van der Waals surface area contributed by atoms with Crippen LogP contribution < -0.4 is 15.8 Å². The van der Waals surface area contributed by atoms with E-state index in [1.165, 1.54) is 24.8 Å². The minimum Gasteiger partial charge on any atom is -0.497 e. The lowest BCUT2D eigenvalue weighted by molar-refractivity contribution is 0.167. The molecule has 148 valence electrons. The molecule has 1 aliphatic rings. The normalized spacial score (nSPS) is 16.8. The first kappa shape index (κ1) is 23.0. The molecule has 0 amide bonds. The molecular weight excluding hydrogens is 439 g/mol. The summed E-state index contributed by atoms with van der Waals surface area (Å²) in [5.41, 5.74) is 7.34. The van der Waals surface area contributed by atoms with Crippen molar-refractivity contribution in [3.05, 3.63) is 29.8 Å². The highest BCUT2D eigenvalue weighted by atomic mass is 127. The molecule has 1 heterocycles. The topological polar surface area (TPSA) is 62.9 Å². The van der Waals surface area contributed by atoms with Crippen LogP contribution in [0.1, 0.15) is 51.1 Å². The molecule has 1 aromatic carbocycles. The molecule has 0 bridgehead atoms. The zero-order valence-electron chi connectivity index (χ0n) is 16.4. The highest BCUT2D eigenvalue weighted by Gasteiger charge is 2.22. The number of guanidine groups is 1. The Bertz CT molecular complexity index is 527. The maximum Gasteiger partial charge on any atom is 0.188 e. The van der Waals surface area contributed by atoms with Crippen molar-refractivity contribution >= 4 is 29.9 Å². The first-order valence-electron chi connectivity index (χ1n) is 9.52. The number of benzene rings is 1. The zero-order chi connectivity index (χ0) is 18.1. The van der Waals surface area contributed by atoms with Gasteiger partial charge in [-0.2, -0.15) is 0 Å². The van der Waals surface area contributed by atoms with Gasteiger partial charge in [-0.25, -0.2) is 0 Å². The van der Waals surface area contributed by atoms with E-state index in [4.69, 9.17) is 10.5 Å². The zero-order valence-corrected chi connectivity index (χ0v) is 18.7. The van der Waals surface area contributed by atoms with E-state index in [0.717, 1.165) is 31.8 Å². The van der Waals surface area contributed by atoms with Gasteiger partial charge in [0.1, 0.15) is 5.75 Å². The summed E-state index contributed by atoms with van der Waals surface area (Å²) < 4.78 is 5.28. The molecule has 1 saturated heterocycles. The summed E-state index contributed by atoms with van der Waals surface area (Å²) in [6.45, 7) is 8.26. The third kappa shape index (κ3) is 7.70.